The smallest absolute Gasteiger partial charge is 0.415 e. The van der Waals surface area contributed by atoms with Crippen molar-refractivity contribution in [2.24, 2.45) is 11.7 Å². The maximum absolute atomic E-state index is 13.1. The van der Waals surface area contributed by atoms with E-state index in [1.54, 1.807) is 13.1 Å². The van der Waals surface area contributed by atoms with Gasteiger partial charge in [-0.15, -0.1) is 0 Å². The molecule has 4 N–H and O–H groups in total. The van der Waals surface area contributed by atoms with E-state index in [9.17, 15) is 19.2 Å². The van der Waals surface area contributed by atoms with Crippen LogP contribution in [0.25, 0.3) is 0 Å². The van der Waals surface area contributed by atoms with Gasteiger partial charge in [0.05, 0.1) is 0 Å². The molecule has 1 aromatic rings. The second-order valence-electron chi connectivity index (χ2n) is 11.7. The standard InChI is InChI=1S/C29H41N5O6/c1-17(35)32-20(6-4-5-12-30)27(37)31-13-15-34(3)28(38)39-23-10-7-18-16-21-19-8-9-22(36)26-29(19,11-14-33(21)2)24(18)25(23)40-26/h7,10,19-21,26H,4-6,8-9,11-16,30H2,1-3H3,(H,31,37)(H,32,35)/t19?,20-,21-,26+,29+/m0/s1. The molecule has 218 valence electrons. The number of carbonyl (C=O) groups excluding carboxylic acids is 4. The van der Waals surface area contributed by atoms with E-state index in [0.717, 1.165) is 44.2 Å². The quantitative estimate of drug-likeness (QED) is 0.364. The van der Waals surface area contributed by atoms with Crippen LogP contribution in [0.1, 0.15) is 56.6 Å². The average Bonchev–Trinajstić information content (AvgIpc) is 3.28. The van der Waals surface area contributed by atoms with E-state index in [0.29, 0.717) is 42.8 Å². The molecule has 1 unspecified atom stereocenters. The largest absolute Gasteiger partial charge is 0.477 e. The number of nitrogens with one attached hydrogen (secondary N) is 2. The van der Waals surface area contributed by atoms with E-state index in [1.807, 2.05) is 6.07 Å². The molecule has 2 aliphatic heterocycles. The van der Waals surface area contributed by atoms with Gasteiger partial charge in [-0.3, -0.25) is 14.4 Å². The second kappa shape index (κ2) is 11.4. The number of amides is 3. The van der Waals surface area contributed by atoms with Gasteiger partial charge in [-0.25, -0.2) is 4.79 Å². The highest BCUT2D eigenvalue weighted by atomic mass is 16.6. The Balaban J connectivity index is 1.24. The number of nitrogens with zero attached hydrogens (tertiary/aromatic N) is 2. The van der Waals surface area contributed by atoms with Crippen LogP contribution in [0.2, 0.25) is 0 Å². The lowest BCUT2D eigenvalue weighted by Gasteiger charge is -2.57. The van der Waals surface area contributed by atoms with Crippen LogP contribution in [0.4, 0.5) is 4.79 Å². The third kappa shape index (κ3) is 4.94. The van der Waals surface area contributed by atoms with E-state index in [4.69, 9.17) is 15.2 Å². The number of hydrogen-bond donors (Lipinski definition) is 3. The summed E-state index contributed by atoms with van der Waals surface area (Å²) in [4.78, 5) is 54.1. The van der Waals surface area contributed by atoms with Gasteiger partial charge in [-0.2, -0.15) is 0 Å². The van der Waals surface area contributed by atoms with Crippen LogP contribution in [0.3, 0.4) is 0 Å². The Labute approximate surface area is 235 Å². The molecule has 4 aliphatic rings. The zero-order valence-corrected chi connectivity index (χ0v) is 23.7. The number of likely N-dealkylation sites (N-methyl/N-ethyl adjacent to an activating group) is 2. The number of piperidine rings is 1. The Hall–Kier alpha value is -3.18. The van der Waals surface area contributed by atoms with Crippen molar-refractivity contribution >= 4 is 23.7 Å². The van der Waals surface area contributed by atoms with Crippen molar-refractivity contribution in [3.63, 3.8) is 0 Å². The first kappa shape index (κ1) is 28.4. The van der Waals surface area contributed by atoms with Gasteiger partial charge >= 0.3 is 6.09 Å². The fraction of sp³-hybridized carbons (Fsp3) is 0.655. The Bertz CT molecular complexity index is 1190. The Morgan fingerprint density at radius 3 is 2.85 bits per heavy atom. The van der Waals surface area contributed by atoms with Crippen LogP contribution in [-0.4, -0.2) is 92.0 Å². The number of ether oxygens (including phenoxy) is 2. The normalized spacial score (nSPS) is 26.8. The molecule has 40 heavy (non-hydrogen) atoms. The van der Waals surface area contributed by atoms with Gasteiger partial charge in [-0.1, -0.05) is 6.07 Å². The summed E-state index contributed by atoms with van der Waals surface area (Å²) in [6.45, 7) is 3.21. The lowest BCUT2D eigenvalue weighted by molar-refractivity contribution is -0.138. The van der Waals surface area contributed by atoms with Crippen LogP contribution in [0.5, 0.6) is 11.5 Å². The third-order valence-electron chi connectivity index (χ3n) is 9.27. The summed E-state index contributed by atoms with van der Waals surface area (Å²) >= 11 is 0. The number of unbranched alkanes of at least 4 members (excludes halogenated alkanes) is 1. The van der Waals surface area contributed by atoms with Gasteiger partial charge in [-0.05, 0) is 76.2 Å². The minimum absolute atomic E-state index is 0.134. The van der Waals surface area contributed by atoms with Crippen LogP contribution in [-0.2, 0) is 26.2 Å². The summed E-state index contributed by atoms with van der Waals surface area (Å²) in [5, 5.41) is 5.46. The number of ketones is 1. The summed E-state index contributed by atoms with van der Waals surface area (Å²) in [7, 11) is 3.76. The van der Waals surface area contributed by atoms with E-state index < -0.39 is 18.2 Å². The minimum atomic E-state index is -0.647. The highest BCUT2D eigenvalue weighted by molar-refractivity contribution is 5.89. The van der Waals surface area contributed by atoms with Crippen LogP contribution in [0, 0.1) is 5.92 Å². The number of Topliss-reactive ketones (excluding diaryl/α,β-unsaturated/α-hetero) is 1. The molecular formula is C29H41N5O6. The highest BCUT2D eigenvalue weighted by Crippen LogP contribution is 2.63. The molecule has 1 spiro atoms. The van der Waals surface area contributed by atoms with E-state index in [2.05, 4.69) is 22.6 Å². The molecule has 2 aliphatic carbocycles. The van der Waals surface area contributed by atoms with E-state index in [1.165, 1.54) is 17.4 Å². The summed E-state index contributed by atoms with van der Waals surface area (Å²) < 4.78 is 12.2. The summed E-state index contributed by atoms with van der Waals surface area (Å²) in [6.07, 6.45) is 4.00. The Kier molecular flexibility index (Phi) is 8.05. The van der Waals surface area contributed by atoms with Gasteiger partial charge in [0, 0.05) is 50.5 Å². The van der Waals surface area contributed by atoms with Crippen molar-refractivity contribution in [1.29, 1.82) is 0 Å². The predicted octanol–water partition coefficient (Wildman–Crippen LogP) is 1.11. The molecule has 1 saturated carbocycles. The van der Waals surface area contributed by atoms with Crippen molar-refractivity contribution < 1.29 is 28.7 Å². The van der Waals surface area contributed by atoms with Crippen LogP contribution < -0.4 is 25.8 Å². The predicted molar refractivity (Wildman–Crippen MR) is 147 cm³/mol. The SMILES string of the molecule is CC(=O)N[C@@H](CCCCN)C(=O)NCCN(C)C(=O)Oc1ccc2c3c1O[C@@H]1C(=O)CCC4[C@H](C2)N(C)CC[C@]341. The molecule has 1 saturated heterocycles. The number of nitrogens with two attached hydrogens (primary N) is 1. The van der Waals surface area contributed by atoms with Gasteiger partial charge in [0.25, 0.3) is 0 Å². The van der Waals surface area contributed by atoms with Crippen molar-refractivity contribution in [3.05, 3.63) is 23.3 Å². The first-order chi connectivity index (χ1) is 19.2. The number of carbonyl (C=O) groups is 4. The van der Waals surface area contributed by atoms with Gasteiger partial charge < -0.3 is 35.6 Å². The van der Waals surface area contributed by atoms with Gasteiger partial charge in [0.1, 0.15) is 6.04 Å². The molecule has 2 bridgehead atoms. The summed E-state index contributed by atoms with van der Waals surface area (Å²) in [5.41, 5.74) is 7.44. The third-order valence-corrected chi connectivity index (χ3v) is 9.27. The van der Waals surface area contributed by atoms with Crippen LogP contribution in [0.15, 0.2) is 12.1 Å². The van der Waals surface area contributed by atoms with Crippen molar-refractivity contribution in [2.45, 2.75) is 75.5 Å². The van der Waals surface area contributed by atoms with E-state index >= 15 is 0 Å². The zero-order chi connectivity index (χ0) is 28.6. The lowest BCUT2D eigenvalue weighted by atomic mass is 9.52. The first-order valence-corrected chi connectivity index (χ1v) is 14.4. The number of benzene rings is 1. The maximum atomic E-state index is 13.1. The number of likely N-dealkylation sites (tertiary alicyclic amines) is 1. The van der Waals surface area contributed by atoms with Crippen LogP contribution >= 0.6 is 0 Å². The monoisotopic (exact) mass is 555 g/mol. The highest BCUT2D eigenvalue weighted by Gasteiger charge is 2.65. The maximum Gasteiger partial charge on any atom is 0.415 e. The molecule has 3 amide bonds. The van der Waals surface area contributed by atoms with Crippen molar-refractivity contribution in [1.82, 2.24) is 20.4 Å². The van der Waals surface area contributed by atoms with Gasteiger partial charge in [0.15, 0.2) is 23.4 Å². The molecule has 0 radical (unpaired) electrons. The fourth-order valence-corrected chi connectivity index (χ4v) is 7.33. The molecule has 1 aromatic carbocycles. The molecule has 11 nitrogen and oxygen atoms in total. The molecule has 5 atom stereocenters. The second-order valence-corrected chi connectivity index (χ2v) is 11.7. The Morgan fingerprint density at radius 1 is 1.30 bits per heavy atom. The van der Waals surface area contributed by atoms with Gasteiger partial charge in [0.2, 0.25) is 11.8 Å². The minimum Gasteiger partial charge on any atom is -0.477 e. The summed E-state index contributed by atoms with van der Waals surface area (Å²) in [5.74, 6) is 0.764. The Morgan fingerprint density at radius 2 is 2.10 bits per heavy atom. The number of rotatable bonds is 10. The molecule has 5 rings (SSSR count). The molecule has 0 aromatic heterocycles. The fourth-order valence-electron chi connectivity index (χ4n) is 7.33. The molecule has 2 heterocycles. The number of hydrogen-bond acceptors (Lipinski definition) is 8. The van der Waals surface area contributed by atoms with Crippen molar-refractivity contribution in [2.75, 3.05) is 40.3 Å². The zero-order valence-electron chi connectivity index (χ0n) is 23.7. The summed E-state index contributed by atoms with van der Waals surface area (Å²) in [6, 6.07) is 3.53. The molecular weight excluding hydrogens is 514 g/mol. The molecule has 2 fully saturated rings. The molecule has 11 heteroatoms. The first-order valence-electron chi connectivity index (χ1n) is 14.4. The van der Waals surface area contributed by atoms with Crippen molar-refractivity contribution in [3.8, 4) is 11.5 Å². The average molecular weight is 556 g/mol. The topological polar surface area (TPSA) is 143 Å². The van der Waals surface area contributed by atoms with E-state index in [-0.39, 0.29) is 36.1 Å². The lowest BCUT2D eigenvalue weighted by Crippen LogP contribution is -2.65.